The van der Waals surface area contributed by atoms with Gasteiger partial charge in [0.25, 0.3) is 0 Å². The van der Waals surface area contributed by atoms with Gasteiger partial charge in [0.2, 0.25) is 20.0 Å². The Labute approximate surface area is 123 Å². The van der Waals surface area contributed by atoms with Crippen molar-refractivity contribution in [3.63, 3.8) is 0 Å². The molecule has 0 aromatic heterocycles. The van der Waals surface area contributed by atoms with Gasteiger partial charge in [-0.3, -0.25) is 0 Å². The zero-order valence-corrected chi connectivity index (χ0v) is 13.0. The van der Waals surface area contributed by atoms with E-state index in [1.165, 1.54) is 18.2 Å². The molecule has 0 spiro atoms. The Hall–Kier alpha value is -0.670. The van der Waals surface area contributed by atoms with Gasteiger partial charge in [-0.1, -0.05) is 17.7 Å². The smallest absolute Gasteiger partial charge is 0.228 e. The topological polar surface area (TPSA) is 97.5 Å². The molecule has 0 aliphatic carbocycles. The number of primary sulfonamides is 1. The Morgan fingerprint density at radius 1 is 1.25 bits per heavy atom. The van der Waals surface area contributed by atoms with Gasteiger partial charge < -0.3 is 0 Å². The van der Waals surface area contributed by atoms with E-state index in [4.69, 9.17) is 16.7 Å². The molecule has 1 aliphatic rings. The van der Waals surface area contributed by atoms with Gasteiger partial charge in [-0.05, 0) is 31.0 Å². The quantitative estimate of drug-likeness (QED) is 0.880. The number of halogens is 1. The van der Waals surface area contributed by atoms with E-state index in [1.807, 2.05) is 0 Å². The van der Waals surface area contributed by atoms with Crippen molar-refractivity contribution in [1.29, 1.82) is 0 Å². The van der Waals surface area contributed by atoms with E-state index in [0.717, 1.165) is 4.31 Å². The van der Waals surface area contributed by atoms with Crippen LogP contribution in [0.3, 0.4) is 0 Å². The van der Waals surface area contributed by atoms with Gasteiger partial charge in [0, 0.05) is 18.1 Å². The van der Waals surface area contributed by atoms with Gasteiger partial charge >= 0.3 is 0 Å². The summed E-state index contributed by atoms with van der Waals surface area (Å²) in [4.78, 5) is 0.0556. The molecule has 2 N–H and O–H groups in total. The van der Waals surface area contributed by atoms with E-state index in [1.54, 1.807) is 6.07 Å². The fourth-order valence-corrected chi connectivity index (χ4v) is 4.97. The number of rotatable bonds is 3. The maximum atomic E-state index is 12.4. The molecular weight excluding hydrogens is 324 g/mol. The number of nitrogens with two attached hydrogens (primary N) is 1. The maximum Gasteiger partial charge on any atom is 0.243 e. The summed E-state index contributed by atoms with van der Waals surface area (Å²) in [6, 6.07) is 5.89. The van der Waals surface area contributed by atoms with E-state index in [-0.39, 0.29) is 18.0 Å². The van der Waals surface area contributed by atoms with Crippen LogP contribution in [-0.4, -0.2) is 39.5 Å². The van der Waals surface area contributed by atoms with Crippen LogP contribution in [0.5, 0.6) is 0 Å². The minimum Gasteiger partial charge on any atom is -0.228 e. The number of benzene rings is 1. The Balaban J connectivity index is 2.30. The van der Waals surface area contributed by atoms with E-state index in [2.05, 4.69) is 0 Å². The molecule has 1 heterocycles. The highest BCUT2D eigenvalue weighted by molar-refractivity contribution is 7.90. The van der Waals surface area contributed by atoms with Crippen molar-refractivity contribution in [2.45, 2.75) is 23.0 Å². The molecule has 0 bridgehead atoms. The summed E-state index contributed by atoms with van der Waals surface area (Å²) in [6.07, 6.45) is 0.835. The van der Waals surface area contributed by atoms with Crippen LogP contribution in [0.4, 0.5) is 0 Å². The Bertz CT molecular complexity index is 703. The third kappa shape index (κ3) is 3.32. The summed E-state index contributed by atoms with van der Waals surface area (Å²) in [7, 11) is -7.49. The molecule has 1 aromatic rings. The van der Waals surface area contributed by atoms with Crippen molar-refractivity contribution >= 4 is 31.6 Å². The number of hydrogen-bond donors (Lipinski definition) is 1. The van der Waals surface area contributed by atoms with Crippen LogP contribution in [0.2, 0.25) is 5.02 Å². The van der Waals surface area contributed by atoms with Crippen LogP contribution in [0.25, 0.3) is 0 Å². The molecule has 0 saturated carbocycles. The van der Waals surface area contributed by atoms with Gasteiger partial charge in [-0.15, -0.1) is 0 Å². The van der Waals surface area contributed by atoms with Gasteiger partial charge in [0.1, 0.15) is 0 Å². The summed E-state index contributed by atoms with van der Waals surface area (Å²) in [5, 5.41) is 4.56. The first-order chi connectivity index (χ1) is 9.21. The zero-order valence-electron chi connectivity index (χ0n) is 10.6. The average molecular weight is 339 g/mol. The first-order valence-corrected chi connectivity index (χ1v) is 9.41. The average Bonchev–Trinajstić information content (AvgIpc) is 2.38. The molecule has 1 aliphatic heterocycles. The molecule has 1 fully saturated rings. The molecule has 2 rings (SSSR count). The van der Waals surface area contributed by atoms with Crippen molar-refractivity contribution in [3.8, 4) is 0 Å². The Kier molecular flexibility index (Phi) is 4.41. The molecule has 1 atom stereocenters. The van der Waals surface area contributed by atoms with E-state index < -0.39 is 25.3 Å². The van der Waals surface area contributed by atoms with Gasteiger partial charge in [0.15, 0.2) is 0 Å². The van der Waals surface area contributed by atoms with Crippen LogP contribution in [0, 0.1) is 0 Å². The molecule has 20 heavy (non-hydrogen) atoms. The second-order valence-corrected chi connectivity index (χ2v) is 8.89. The second kappa shape index (κ2) is 5.61. The highest BCUT2D eigenvalue weighted by Gasteiger charge is 2.34. The molecule has 9 heteroatoms. The lowest BCUT2D eigenvalue weighted by Crippen LogP contribution is -2.46. The first-order valence-electron chi connectivity index (χ1n) is 5.98. The maximum absolute atomic E-state index is 12.4. The first kappa shape index (κ1) is 15.7. The normalized spacial score (nSPS) is 21.8. The summed E-state index contributed by atoms with van der Waals surface area (Å²) < 4.78 is 48.8. The van der Waals surface area contributed by atoms with E-state index >= 15 is 0 Å². The molecule has 6 nitrogen and oxygen atoms in total. The molecule has 0 radical (unpaired) electrons. The number of nitrogens with zero attached hydrogens (tertiary/aromatic N) is 1. The second-order valence-electron chi connectivity index (χ2n) is 4.67. The Morgan fingerprint density at radius 2 is 1.95 bits per heavy atom. The number of piperidine rings is 1. The van der Waals surface area contributed by atoms with Gasteiger partial charge in [-0.25, -0.2) is 22.0 Å². The largest absolute Gasteiger partial charge is 0.243 e. The van der Waals surface area contributed by atoms with E-state index in [9.17, 15) is 16.8 Å². The van der Waals surface area contributed by atoms with E-state index in [0.29, 0.717) is 17.9 Å². The SMILES string of the molecule is NS(=O)(=O)C1CCCN(S(=O)(=O)c2cccc(Cl)c2)C1. The lowest BCUT2D eigenvalue weighted by Gasteiger charge is -2.30. The standard InChI is InChI=1S/C11H15ClN2O4S2/c12-9-3-1-4-10(7-9)20(17,18)14-6-2-5-11(8-14)19(13,15)16/h1,3-4,7,11H,2,5-6,8H2,(H2,13,15,16). The van der Waals surface area contributed by atoms with Crippen molar-refractivity contribution in [2.75, 3.05) is 13.1 Å². The van der Waals surface area contributed by atoms with Crippen LogP contribution in [0.1, 0.15) is 12.8 Å². The van der Waals surface area contributed by atoms with Crippen LogP contribution >= 0.6 is 11.6 Å². The Morgan fingerprint density at radius 3 is 2.55 bits per heavy atom. The van der Waals surface area contributed by atoms with Crippen molar-refractivity contribution < 1.29 is 16.8 Å². The fraction of sp³-hybridized carbons (Fsp3) is 0.455. The van der Waals surface area contributed by atoms with Crippen molar-refractivity contribution in [1.82, 2.24) is 4.31 Å². The summed E-state index contributed by atoms with van der Waals surface area (Å²) in [5.74, 6) is 0. The minimum absolute atomic E-state index is 0.0556. The van der Waals surface area contributed by atoms with Gasteiger partial charge in [0.05, 0.1) is 10.1 Å². The number of sulfonamides is 2. The molecular formula is C11H15ClN2O4S2. The third-order valence-electron chi connectivity index (χ3n) is 3.24. The molecule has 1 aromatic carbocycles. The monoisotopic (exact) mass is 338 g/mol. The predicted molar refractivity (Wildman–Crippen MR) is 76.3 cm³/mol. The summed E-state index contributed by atoms with van der Waals surface area (Å²) in [6.45, 7) is 0.161. The molecule has 112 valence electrons. The van der Waals surface area contributed by atoms with Gasteiger partial charge in [-0.2, -0.15) is 4.31 Å². The minimum atomic E-state index is -3.75. The highest BCUT2D eigenvalue weighted by Crippen LogP contribution is 2.24. The van der Waals surface area contributed by atoms with Crippen molar-refractivity contribution in [3.05, 3.63) is 29.3 Å². The zero-order chi connectivity index (χ0) is 15.0. The van der Waals surface area contributed by atoms with Crippen molar-refractivity contribution in [2.24, 2.45) is 5.14 Å². The van der Waals surface area contributed by atoms with Crippen LogP contribution in [0.15, 0.2) is 29.2 Å². The highest BCUT2D eigenvalue weighted by atomic mass is 35.5. The predicted octanol–water partition coefficient (Wildman–Crippen LogP) is 0.782. The molecule has 1 unspecified atom stereocenters. The third-order valence-corrected chi connectivity index (χ3v) is 6.65. The number of hydrogen-bond acceptors (Lipinski definition) is 4. The summed E-state index contributed by atoms with van der Waals surface area (Å²) in [5.41, 5.74) is 0. The van der Waals surface area contributed by atoms with Crippen LogP contribution < -0.4 is 5.14 Å². The molecule has 0 amide bonds. The lowest BCUT2D eigenvalue weighted by atomic mass is 10.2. The lowest BCUT2D eigenvalue weighted by molar-refractivity contribution is 0.346. The summed E-state index contributed by atoms with van der Waals surface area (Å²) >= 11 is 5.79. The van der Waals surface area contributed by atoms with Crippen LogP contribution in [-0.2, 0) is 20.0 Å². The fourth-order valence-electron chi connectivity index (χ4n) is 2.17. The molecule has 1 saturated heterocycles.